The summed E-state index contributed by atoms with van der Waals surface area (Å²) in [6.45, 7) is 0.695. The van der Waals surface area contributed by atoms with Crippen LogP contribution in [0.3, 0.4) is 0 Å². The van der Waals surface area contributed by atoms with Crippen molar-refractivity contribution < 1.29 is 18.3 Å². The number of hydrogen-bond acceptors (Lipinski definition) is 2. The molecule has 1 saturated heterocycles. The first-order valence-corrected chi connectivity index (χ1v) is 5.97. The predicted molar refractivity (Wildman–Crippen MR) is 62.0 cm³/mol. The van der Waals surface area contributed by atoms with E-state index in [9.17, 15) is 18.3 Å². The average molecular weight is 310 g/mol. The Morgan fingerprint density at radius 2 is 2.06 bits per heavy atom. The molecular weight excluding hydrogens is 299 g/mol. The van der Waals surface area contributed by atoms with Crippen LogP contribution in [0.25, 0.3) is 0 Å². The third-order valence-corrected chi connectivity index (χ3v) is 3.26. The van der Waals surface area contributed by atoms with Crippen LogP contribution in [-0.4, -0.2) is 24.3 Å². The number of aliphatic hydroxyl groups is 1. The van der Waals surface area contributed by atoms with E-state index in [4.69, 9.17) is 0 Å². The molecule has 0 bridgehead atoms. The van der Waals surface area contributed by atoms with Crippen molar-refractivity contribution in [3.63, 3.8) is 0 Å². The zero-order chi connectivity index (χ0) is 12.6. The van der Waals surface area contributed by atoms with Gasteiger partial charge in [0.2, 0.25) is 0 Å². The maximum absolute atomic E-state index is 12.8. The van der Waals surface area contributed by atoms with Gasteiger partial charge in [0.15, 0.2) is 0 Å². The Bertz CT molecular complexity index is 422. The van der Waals surface area contributed by atoms with Crippen molar-refractivity contribution in [3.8, 4) is 0 Å². The molecule has 17 heavy (non-hydrogen) atoms. The van der Waals surface area contributed by atoms with Crippen LogP contribution in [0.15, 0.2) is 22.7 Å². The predicted octanol–water partition coefficient (Wildman–Crippen LogP) is 3.04. The molecule has 1 heterocycles. The average Bonchev–Trinajstić information content (AvgIpc) is 2.62. The summed E-state index contributed by atoms with van der Waals surface area (Å²) >= 11 is 3.17. The third-order valence-electron chi connectivity index (χ3n) is 2.77. The highest BCUT2D eigenvalue weighted by Gasteiger charge is 2.36. The van der Waals surface area contributed by atoms with E-state index in [1.807, 2.05) is 0 Å². The van der Waals surface area contributed by atoms with Crippen molar-refractivity contribution in [2.45, 2.75) is 18.7 Å². The molecule has 6 heteroatoms. The van der Waals surface area contributed by atoms with E-state index in [1.165, 1.54) is 12.1 Å². The minimum Gasteiger partial charge on any atom is -0.391 e. The van der Waals surface area contributed by atoms with E-state index in [-0.39, 0.29) is 12.2 Å². The molecule has 94 valence electrons. The van der Waals surface area contributed by atoms with Crippen LogP contribution in [0.5, 0.6) is 0 Å². The molecule has 0 aliphatic carbocycles. The van der Waals surface area contributed by atoms with Crippen LogP contribution in [-0.2, 0) is 6.18 Å². The fourth-order valence-electron chi connectivity index (χ4n) is 1.97. The summed E-state index contributed by atoms with van der Waals surface area (Å²) in [6.07, 6.45) is -4.41. The van der Waals surface area contributed by atoms with Crippen LogP contribution in [0.4, 0.5) is 18.9 Å². The topological polar surface area (TPSA) is 23.5 Å². The van der Waals surface area contributed by atoms with Gasteiger partial charge in [-0.2, -0.15) is 13.2 Å². The highest BCUT2D eigenvalue weighted by atomic mass is 79.9. The molecule has 1 aliphatic heterocycles. The van der Waals surface area contributed by atoms with E-state index in [1.54, 1.807) is 4.90 Å². The molecule has 1 aliphatic rings. The Morgan fingerprint density at radius 3 is 2.59 bits per heavy atom. The summed E-state index contributed by atoms with van der Waals surface area (Å²) in [5.41, 5.74) is -0.529. The van der Waals surface area contributed by atoms with Crippen LogP contribution in [0, 0.1) is 0 Å². The lowest BCUT2D eigenvalue weighted by Crippen LogP contribution is -2.24. The molecule has 1 aromatic rings. The number of aliphatic hydroxyl groups excluding tert-OH is 1. The van der Waals surface area contributed by atoms with E-state index < -0.39 is 17.8 Å². The SMILES string of the molecule is O[C@@H]1CCN(c2cc(Br)ccc2C(F)(F)F)C1. The zero-order valence-corrected chi connectivity index (χ0v) is 10.4. The Balaban J connectivity index is 2.40. The first-order valence-electron chi connectivity index (χ1n) is 5.17. The highest BCUT2D eigenvalue weighted by Crippen LogP contribution is 2.39. The lowest BCUT2D eigenvalue weighted by Gasteiger charge is -2.23. The van der Waals surface area contributed by atoms with Crippen LogP contribution >= 0.6 is 15.9 Å². The standard InChI is InChI=1S/C11H11BrF3NO/c12-7-1-2-9(11(13,14)15)10(5-7)16-4-3-8(17)6-16/h1-2,5,8,17H,3-4,6H2/t8-/m1/s1. The monoisotopic (exact) mass is 309 g/mol. The molecule has 1 atom stereocenters. The largest absolute Gasteiger partial charge is 0.418 e. The number of β-amino-alcohol motifs (C(OH)–C–C–N with tert-alkyl or cyclic N) is 1. The molecule has 0 spiro atoms. The molecule has 0 unspecified atom stereocenters. The summed E-state index contributed by atoms with van der Waals surface area (Å²) in [5.74, 6) is 0. The van der Waals surface area contributed by atoms with Crippen LogP contribution < -0.4 is 4.90 Å². The number of halogens is 4. The van der Waals surface area contributed by atoms with Crippen molar-refractivity contribution >= 4 is 21.6 Å². The molecule has 2 rings (SSSR count). The molecule has 1 aromatic carbocycles. The second-order valence-corrected chi connectivity index (χ2v) is 4.96. The fourth-order valence-corrected chi connectivity index (χ4v) is 2.32. The normalized spacial score (nSPS) is 21.0. The molecule has 1 fully saturated rings. The quantitative estimate of drug-likeness (QED) is 0.862. The van der Waals surface area contributed by atoms with Crippen LogP contribution in [0.2, 0.25) is 0 Å². The van der Waals surface area contributed by atoms with Crippen molar-refractivity contribution in [3.05, 3.63) is 28.2 Å². The van der Waals surface area contributed by atoms with Gasteiger partial charge >= 0.3 is 6.18 Å². The van der Waals surface area contributed by atoms with Crippen molar-refractivity contribution in [2.75, 3.05) is 18.0 Å². The number of anilines is 1. The maximum atomic E-state index is 12.8. The summed E-state index contributed by atoms with van der Waals surface area (Å²) in [6, 6.07) is 3.88. The summed E-state index contributed by atoms with van der Waals surface area (Å²) in [5, 5.41) is 9.39. The Kier molecular flexibility index (Phi) is 3.36. The molecule has 1 N–H and O–H groups in total. The lowest BCUT2D eigenvalue weighted by atomic mass is 10.1. The van der Waals surface area contributed by atoms with Gasteiger partial charge in [-0.3, -0.25) is 0 Å². The van der Waals surface area contributed by atoms with Gasteiger partial charge < -0.3 is 10.0 Å². The van der Waals surface area contributed by atoms with Crippen molar-refractivity contribution in [1.82, 2.24) is 0 Å². The highest BCUT2D eigenvalue weighted by molar-refractivity contribution is 9.10. The smallest absolute Gasteiger partial charge is 0.391 e. The first-order chi connectivity index (χ1) is 7.88. The number of rotatable bonds is 1. The Hall–Kier alpha value is -0.750. The molecule has 0 amide bonds. The second kappa shape index (κ2) is 4.49. The van der Waals surface area contributed by atoms with Gasteiger partial charge in [-0.25, -0.2) is 0 Å². The van der Waals surface area contributed by atoms with Gasteiger partial charge in [-0.15, -0.1) is 0 Å². The summed E-state index contributed by atoms with van der Waals surface area (Å²) in [7, 11) is 0. The first kappa shape index (κ1) is 12.7. The van der Waals surface area contributed by atoms with Gasteiger partial charge in [0.1, 0.15) is 0 Å². The molecular formula is C11H11BrF3NO. The molecule has 0 radical (unpaired) electrons. The van der Waals surface area contributed by atoms with E-state index in [2.05, 4.69) is 15.9 Å². The van der Waals surface area contributed by atoms with E-state index >= 15 is 0 Å². The minimum atomic E-state index is -4.37. The van der Waals surface area contributed by atoms with Crippen molar-refractivity contribution in [1.29, 1.82) is 0 Å². The molecule has 2 nitrogen and oxygen atoms in total. The maximum Gasteiger partial charge on any atom is 0.418 e. The fraction of sp³-hybridized carbons (Fsp3) is 0.455. The van der Waals surface area contributed by atoms with Gasteiger partial charge in [0.25, 0.3) is 0 Å². The third kappa shape index (κ3) is 2.74. The summed E-state index contributed by atoms with van der Waals surface area (Å²) < 4.78 is 39.1. The van der Waals surface area contributed by atoms with Gasteiger partial charge in [0.05, 0.1) is 17.4 Å². The number of nitrogens with zero attached hydrogens (tertiary/aromatic N) is 1. The van der Waals surface area contributed by atoms with Gasteiger partial charge in [0, 0.05) is 17.6 Å². The minimum absolute atomic E-state index is 0.128. The van der Waals surface area contributed by atoms with E-state index in [0.717, 1.165) is 6.07 Å². The lowest BCUT2D eigenvalue weighted by molar-refractivity contribution is -0.137. The summed E-state index contributed by atoms with van der Waals surface area (Å²) in [4.78, 5) is 1.57. The van der Waals surface area contributed by atoms with Crippen LogP contribution in [0.1, 0.15) is 12.0 Å². The number of hydrogen-bond donors (Lipinski definition) is 1. The van der Waals surface area contributed by atoms with Gasteiger partial charge in [-0.05, 0) is 24.6 Å². The Morgan fingerprint density at radius 1 is 1.35 bits per heavy atom. The zero-order valence-electron chi connectivity index (χ0n) is 8.84. The van der Waals surface area contributed by atoms with Crippen molar-refractivity contribution in [2.24, 2.45) is 0 Å². The molecule has 0 aromatic heterocycles. The van der Waals surface area contributed by atoms with Gasteiger partial charge in [-0.1, -0.05) is 15.9 Å². The number of alkyl halides is 3. The van der Waals surface area contributed by atoms with E-state index in [0.29, 0.717) is 17.4 Å². The molecule has 0 saturated carbocycles. The number of benzene rings is 1. The Labute approximate surface area is 105 Å². The second-order valence-electron chi connectivity index (χ2n) is 4.05.